The molecule has 7 heteroatoms. The van der Waals surface area contributed by atoms with Gasteiger partial charge >= 0.3 is 0 Å². The molecule has 0 unspecified atom stereocenters. The molecule has 0 aromatic carbocycles. The van der Waals surface area contributed by atoms with E-state index >= 15 is 0 Å². The molecule has 0 fully saturated rings. The minimum Gasteiger partial charge on any atom is -0.395 e. The first-order valence-electron chi connectivity index (χ1n) is 6.69. The Hall–Kier alpha value is -1.86. The van der Waals surface area contributed by atoms with Gasteiger partial charge in [-0.05, 0) is 30.7 Å². The molecule has 1 aliphatic carbocycles. The summed E-state index contributed by atoms with van der Waals surface area (Å²) in [6.45, 7) is 0.554. The molecule has 6 nitrogen and oxygen atoms in total. The Kier molecular flexibility index (Phi) is 3.69. The average Bonchev–Trinajstić information content (AvgIpc) is 2.90. The van der Waals surface area contributed by atoms with Gasteiger partial charge in [0, 0.05) is 18.3 Å². The van der Waals surface area contributed by atoms with E-state index in [4.69, 9.17) is 5.73 Å². The predicted molar refractivity (Wildman–Crippen MR) is 80.3 cm³/mol. The number of nitrogens with zero attached hydrogens (tertiary/aromatic N) is 3. The smallest absolute Gasteiger partial charge is 0.267 e. The van der Waals surface area contributed by atoms with Gasteiger partial charge in [-0.15, -0.1) is 0 Å². The number of aliphatic hydroxyl groups excluding tert-OH is 1. The van der Waals surface area contributed by atoms with Crippen LogP contribution in [0.5, 0.6) is 0 Å². The van der Waals surface area contributed by atoms with Gasteiger partial charge in [0.05, 0.1) is 18.0 Å². The first kappa shape index (κ1) is 14.1. The van der Waals surface area contributed by atoms with Crippen LogP contribution >= 0.6 is 11.8 Å². The van der Waals surface area contributed by atoms with Gasteiger partial charge in [-0.25, -0.2) is 9.97 Å². The SMILES string of the molecule is CSc1nc(C(N)=O)c2c(n1)-c1c(ccn1CCO)CC2. The summed E-state index contributed by atoms with van der Waals surface area (Å²) in [5.41, 5.74) is 9.50. The third-order valence-corrected chi connectivity index (χ3v) is 4.21. The second-order valence-corrected chi connectivity index (χ2v) is 5.63. The molecule has 0 atom stereocenters. The molecule has 3 N–H and O–H groups in total. The molecule has 3 rings (SSSR count). The van der Waals surface area contributed by atoms with Crippen LogP contribution < -0.4 is 5.73 Å². The number of aliphatic hydroxyl groups is 1. The van der Waals surface area contributed by atoms with Gasteiger partial charge in [-0.3, -0.25) is 4.79 Å². The highest BCUT2D eigenvalue weighted by atomic mass is 32.2. The lowest BCUT2D eigenvalue weighted by atomic mass is 9.92. The number of hydrogen-bond donors (Lipinski definition) is 2. The van der Waals surface area contributed by atoms with Gasteiger partial charge in [-0.1, -0.05) is 11.8 Å². The molecule has 0 saturated carbocycles. The highest BCUT2D eigenvalue weighted by Crippen LogP contribution is 2.35. The largest absolute Gasteiger partial charge is 0.395 e. The van der Waals surface area contributed by atoms with Crippen LogP contribution in [-0.2, 0) is 19.4 Å². The van der Waals surface area contributed by atoms with Crippen molar-refractivity contribution in [3.05, 3.63) is 29.1 Å². The maximum absolute atomic E-state index is 11.7. The highest BCUT2D eigenvalue weighted by molar-refractivity contribution is 7.98. The minimum atomic E-state index is -0.521. The fraction of sp³-hybridized carbons (Fsp3) is 0.357. The van der Waals surface area contributed by atoms with Crippen LogP contribution in [0.3, 0.4) is 0 Å². The van der Waals surface area contributed by atoms with E-state index in [0.717, 1.165) is 23.4 Å². The third kappa shape index (κ3) is 2.32. The van der Waals surface area contributed by atoms with Crippen LogP contribution in [-0.4, -0.2) is 38.4 Å². The molecular formula is C14H16N4O2S. The van der Waals surface area contributed by atoms with E-state index in [-0.39, 0.29) is 6.61 Å². The molecule has 110 valence electrons. The van der Waals surface area contributed by atoms with Crippen molar-refractivity contribution in [3.8, 4) is 11.4 Å². The van der Waals surface area contributed by atoms with Crippen LogP contribution in [0.15, 0.2) is 17.4 Å². The molecule has 0 spiro atoms. The quantitative estimate of drug-likeness (QED) is 0.645. The summed E-state index contributed by atoms with van der Waals surface area (Å²) in [6.07, 6.45) is 5.34. The Morgan fingerprint density at radius 2 is 2.29 bits per heavy atom. The van der Waals surface area contributed by atoms with E-state index in [1.54, 1.807) is 0 Å². The number of nitrogens with two attached hydrogens (primary N) is 1. The maximum Gasteiger partial charge on any atom is 0.267 e. The van der Waals surface area contributed by atoms with E-state index in [1.165, 1.54) is 17.3 Å². The highest BCUT2D eigenvalue weighted by Gasteiger charge is 2.26. The number of rotatable bonds is 4. The van der Waals surface area contributed by atoms with Crippen LogP contribution in [0.4, 0.5) is 0 Å². The number of hydrogen-bond acceptors (Lipinski definition) is 5. The van der Waals surface area contributed by atoms with E-state index in [0.29, 0.717) is 23.8 Å². The number of carbonyl (C=O) groups excluding carboxylic acids is 1. The zero-order chi connectivity index (χ0) is 15.0. The minimum absolute atomic E-state index is 0.0552. The van der Waals surface area contributed by atoms with Gasteiger partial charge in [0.1, 0.15) is 5.69 Å². The molecule has 0 saturated heterocycles. The first-order valence-corrected chi connectivity index (χ1v) is 7.92. The average molecular weight is 304 g/mol. The van der Waals surface area contributed by atoms with Gasteiger partial charge in [0.2, 0.25) is 0 Å². The van der Waals surface area contributed by atoms with Crippen molar-refractivity contribution in [3.63, 3.8) is 0 Å². The van der Waals surface area contributed by atoms with Crippen LogP contribution in [0.2, 0.25) is 0 Å². The van der Waals surface area contributed by atoms with Crippen molar-refractivity contribution in [2.24, 2.45) is 5.73 Å². The lowest BCUT2D eigenvalue weighted by Gasteiger charge is -2.20. The van der Waals surface area contributed by atoms with E-state index in [2.05, 4.69) is 9.97 Å². The standard InChI is InChI=1S/C14H16N4O2S/c1-21-14-16-10-9(11(17-14)13(15)20)3-2-8-4-5-18(6-7-19)12(8)10/h4-5,19H,2-3,6-7H2,1H3,(H2,15,20). The Balaban J connectivity index is 2.25. The Morgan fingerprint density at radius 1 is 1.48 bits per heavy atom. The molecule has 2 aromatic rings. The summed E-state index contributed by atoms with van der Waals surface area (Å²) < 4.78 is 1.97. The summed E-state index contributed by atoms with van der Waals surface area (Å²) >= 11 is 1.38. The summed E-state index contributed by atoms with van der Waals surface area (Å²) in [4.78, 5) is 20.5. The fourth-order valence-corrected chi connectivity index (χ4v) is 3.12. The lowest BCUT2D eigenvalue weighted by Crippen LogP contribution is -2.21. The number of thioether (sulfide) groups is 1. The van der Waals surface area contributed by atoms with E-state index < -0.39 is 5.91 Å². The molecule has 2 heterocycles. The van der Waals surface area contributed by atoms with Gasteiger partial charge in [0.15, 0.2) is 5.16 Å². The molecule has 1 aliphatic rings. The summed E-state index contributed by atoms with van der Waals surface area (Å²) in [5, 5.41) is 9.73. The van der Waals surface area contributed by atoms with Gasteiger partial charge in [-0.2, -0.15) is 0 Å². The molecule has 0 aliphatic heterocycles. The van der Waals surface area contributed by atoms with E-state index in [1.807, 2.05) is 23.1 Å². The van der Waals surface area contributed by atoms with Crippen LogP contribution in [0, 0.1) is 0 Å². The topological polar surface area (TPSA) is 94.0 Å². The summed E-state index contributed by atoms with van der Waals surface area (Å²) in [6, 6.07) is 2.04. The number of carbonyl (C=O) groups is 1. The van der Waals surface area contributed by atoms with Gasteiger partial charge in [0.25, 0.3) is 5.91 Å². The second-order valence-electron chi connectivity index (χ2n) is 4.86. The number of amides is 1. The number of fused-ring (bicyclic) bond motifs is 3. The second kappa shape index (κ2) is 5.50. The fourth-order valence-electron chi connectivity index (χ4n) is 2.75. The molecular weight excluding hydrogens is 288 g/mol. The summed E-state index contributed by atoms with van der Waals surface area (Å²) in [5.74, 6) is -0.521. The van der Waals surface area contributed by atoms with E-state index in [9.17, 15) is 9.90 Å². The zero-order valence-corrected chi connectivity index (χ0v) is 12.5. The molecule has 2 aromatic heterocycles. The Bertz CT molecular complexity index is 711. The monoisotopic (exact) mass is 304 g/mol. The van der Waals surface area contributed by atoms with Crippen LogP contribution in [0.1, 0.15) is 21.6 Å². The first-order chi connectivity index (χ1) is 10.2. The normalized spacial score (nSPS) is 12.9. The third-order valence-electron chi connectivity index (χ3n) is 3.66. The van der Waals surface area contributed by atoms with Crippen LogP contribution in [0.25, 0.3) is 11.4 Å². The van der Waals surface area contributed by atoms with Crippen molar-refractivity contribution in [2.45, 2.75) is 24.5 Å². The Morgan fingerprint density at radius 3 is 2.95 bits per heavy atom. The molecule has 21 heavy (non-hydrogen) atoms. The van der Waals surface area contributed by atoms with Crippen molar-refractivity contribution in [1.82, 2.24) is 14.5 Å². The van der Waals surface area contributed by atoms with Crippen molar-refractivity contribution in [2.75, 3.05) is 12.9 Å². The number of aryl methyl sites for hydroxylation is 1. The Labute approximate surface area is 126 Å². The molecule has 0 radical (unpaired) electrons. The maximum atomic E-state index is 11.7. The van der Waals surface area contributed by atoms with Crippen molar-refractivity contribution >= 4 is 17.7 Å². The number of primary amides is 1. The molecule has 1 amide bonds. The summed E-state index contributed by atoms with van der Waals surface area (Å²) in [7, 11) is 0. The lowest BCUT2D eigenvalue weighted by molar-refractivity contribution is 0.0993. The predicted octanol–water partition coefficient (Wildman–Crippen LogP) is 0.857. The van der Waals surface area contributed by atoms with Crippen molar-refractivity contribution < 1.29 is 9.90 Å². The van der Waals surface area contributed by atoms with Gasteiger partial charge < -0.3 is 15.4 Å². The zero-order valence-electron chi connectivity index (χ0n) is 11.7. The molecule has 0 bridgehead atoms. The number of aromatic nitrogens is 3. The van der Waals surface area contributed by atoms with Crippen molar-refractivity contribution in [1.29, 1.82) is 0 Å².